The normalized spacial score (nSPS) is 10.6. The van der Waals surface area contributed by atoms with E-state index in [1.54, 1.807) is 25.1 Å². The molecule has 0 bridgehead atoms. The van der Waals surface area contributed by atoms with Crippen molar-refractivity contribution in [2.45, 2.75) is 33.2 Å². The van der Waals surface area contributed by atoms with Crippen molar-refractivity contribution in [2.75, 3.05) is 31.3 Å². The highest BCUT2D eigenvalue weighted by atomic mass is 16.2. The van der Waals surface area contributed by atoms with Crippen LogP contribution in [0.3, 0.4) is 0 Å². The predicted molar refractivity (Wildman–Crippen MR) is 81.6 cm³/mol. The van der Waals surface area contributed by atoms with Crippen LogP contribution in [0.1, 0.15) is 37.6 Å². The van der Waals surface area contributed by atoms with Crippen molar-refractivity contribution in [2.24, 2.45) is 0 Å². The molecule has 0 spiro atoms. The van der Waals surface area contributed by atoms with Gasteiger partial charge in [-0.15, -0.1) is 0 Å². The van der Waals surface area contributed by atoms with E-state index in [1.807, 2.05) is 12.1 Å². The highest BCUT2D eigenvalue weighted by molar-refractivity contribution is 6.00. The van der Waals surface area contributed by atoms with Crippen molar-refractivity contribution in [3.05, 3.63) is 23.8 Å². The van der Waals surface area contributed by atoms with Crippen LogP contribution in [0, 0.1) is 0 Å². The molecule has 0 saturated carbocycles. The molecule has 1 amide bonds. The number of nitrogens with zero attached hydrogens (tertiary/aromatic N) is 2. The molecule has 4 heteroatoms. The zero-order valence-corrected chi connectivity index (χ0v) is 12.6. The largest absolute Gasteiger partial charge is 0.399 e. The minimum Gasteiger partial charge on any atom is -0.399 e. The lowest BCUT2D eigenvalue weighted by atomic mass is 10.1. The molecule has 0 aliphatic rings. The molecule has 1 rings (SSSR count). The molecule has 0 fully saturated rings. The summed E-state index contributed by atoms with van der Waals surface area (Å²) in [6, 6.07) is 5.82. The first kappa shape index (κ1) is 15.3. The highest BCUT2D eigenvalue weighted by Gasteiger charge is 2.19. The maximum atomic E-state index is 12.3. The van der Waals surface area contributed by atoms with Crippen molar-refractivity contribution in [3.63, 3.8) is 0 Å². The third kappa shape index (κ3) is 3.63. The van der Waals surface area contributed by atoms with Crippen molar-refractivity contribution in [1.82, 2.24) is 4.90 Å². The summed E-state index contributed by atoms with van der Waals surface area (Å²) in [6.07, 6.45) is 1.03. The molecule has 0 aromatic heterocycles. The minimum absolute atomic E-state index is 0.0109. The van der Waals surface area contributed by atoms with E-state index in [-0.39, 0.29) is 5.91 Å². The van der Waals surface area contributed by atoms with Crippen molar-refractivity contribution >= 4 is 17.3 Å². The second-order valence-corrected chi connectivity index (χ2v) is 5.26. The van der Waals surface area contributed by atoms with Gasteiger partial charge in [-0.1, -0.05) is 6.92 Å². The van der Waals surface area contributed by atoms with Crippen LogP contribution in [0.25, 0.3) is 0 Å². The molecule has 4 nitrogen and oxygen atoms in total. The molecule has 0 saturated heterocycles. The van der Waals surface area contributed by atoms with Crippen LogP contribution in [0.2, 0.25) is 0 Å². The van der Waals surface area contributed by atoms with E-state index in [9.17, 15) is 4.79 Å². The van der Waals surface area contributed by atoms with E-state index in [0.29, 0.717) is 17.3 Å². The third-order valence-electron chi connectivity index (χ3n) is 3.06. The number of nitrogen functional groups attached to an aromatic ring is 1. The summed E-state index contributed by atoms with van der Waals surface area (Å²) in [5, 5.41) is 0. The van der Waals surface area contributed by atoms with Gasteiger partial charge < -0.3 is 15.5 Å². The Bertz CT molecular complexity index is 441. The Morgan fingerprint density at radius 3 is 2.42 bits per heavy atom. The number of carbonyl (C=O) groups excluding carboxylic acids is 1. The van der Waals surface area contributed by atoms with Crippen molar-refractivity contribution < 1.29 is 4.79 Å². The van der Waals surface area contributed by atoms with E-state index in [0.717, 1.165) is 18.7 Å². The zero-order chi connectivity index (χ0) is 14.6. The smallest absolute Gasteiger partial charge is 0.255 e. The van der Waals surface area contributed by atoms with Gasteiger partial charge in [0, 0.05) is 32.4 Å². The standard InChI is InChI=1S/C15H25N3O/c1-6-9-18(11(2)3)14-10-12(16)7-8-13(14)15(19)17(4)5/h7-8,10-11H,6,9,16H2,1-5H3. The monoisotopic (exact) mass is 263 g/mol. The maximum Gasteiger partial charge on any atom is 0.255 e. The third-order valence-corrected chi connectivity index (χ3v) is 3.06. The Hall–Kier alpha value is -1.71. The lowest BCUT2D eigenvalue weighted by molar-refractivity contribution is 0.0828. The van der Waals surface area contributed by atoms with E-state index in [1.165, 1.54) is 0 Å². The fourth-order valence-electron chi connectivity index (χ4n) is 2.11. The Morgan fingerprint density at radius 2 is 1.95 bits per heavy atom. The quantitative estimate of drug-likeness (QED) is 0.831. The van der Waals surface area contributed by atoms with Gasteiger partial charge in [0.2, 0.25) is 0 Å². The summed E-state index contributed by atoms with van der Waals surface area (Å²) >= 11 is 0. The Morgan fingerprint density at radius 1 is 1.32 bits per heavy atom. The van der Waals surface area contributed by atoms with Crippen LogP contribution in [-0.2, 0) is 0 Å². The molecule has 0 aliphatic heterocycles. The van der Waals surface area contributed by atoms with E-state index in [2.05, 4.69) is 25.7 Å². The summed E-state index contributed by atoms with van der Waals surface area (Å²) in [6.45, 7) is 7.30. The maximum absolute atomic E-state index is 12.3. The van der Waals surface area contributed by atoms with Gasteiger partial charge in [-0.25, -0.2) is 0 Å². The van der Waals surface area contributed by atoms with Crippen LogP contribution in [0.4, 0.5) is 11.4 Å². The molecule has 0 radical (unpaired) electrons. The number of hydrogen-bond donors (Lipinski definition) is 1. The van der Waals surface area contributed by atoms with Crippen LogP contribution in [0.15, 0.2) is 18.2 Å². The molecule has 0 aliphatic carbocycles. The van der Waals surface area contributed by atoms with Gasteiger partial charge in [0.1, 0.15) is 0 Å². The molecule has 0 heterocycles. The molecule has 1 aromatic carbocycles. The first-order valence-corrected chi connectivity index (χ1v) is 6.76. The first-order chi connectivity index (χ1) is 8.88. The van der Waals surface area contributed by atoms with Gasteiger partial charge >= 0.3 is 0 Å². The number of anilines is 2. The Balaban J connectivity index is 3.29. The summed E-state index contributed by atoms with van der Waals surface area (Å²) in [5.74, 6) is 0.0109. The summed E-state index contributed by atoms with van der Waals surface area (Å²) in [4.78, 5) is 16.1. The summed E-state index contributed by atoms with van der Waals surface area (Å²) in [5.41, 5.74) is 8.21. The van der Waals surface area contributed by atoms with Gasteiger partial charge in [0.05, 0.1) is 11.3 Å². The molecule has 106 valence electrons. The number of benzene rings is 1. The van der Waals surface area contributed by atoms with Crippen molar-refractivity contribution in [1.29, 1.82) is 0 Å². The Labute approximate surface area is 116 Å². The fraction of sp³-hybridized carbons (Fsp3) is 0.533. The van der Waals surface area contributed by atoms with E-state index < -0.39 is 0 Å². The van der Waals surface area contributed by atoms with Gasteiger partial charge in [-0.2, -0.15) is 0 Å². The number of rotatable bonds is 5. The van der Waals surface area contributed by atoms with Gasteiger partial charge in [0.25, 0.3) is 5.91 Å². The highest BCUT2D eigenvalue weighted by Crippen LogP contribution is 2.26. The molecular formula is C15H25N3O. The molecule has 0 unspecified atom stereocenters. The minimum atomic E-state index is 0.0109. The first-order valence-electron chi connectivity index (χ1n) is 6.76. The SMILES string of the molecule is CCCN(c1cc(N)ccc1C(=O)N(C)C)C(C)C. The van der Waals surface area contributed by atoms with Crippen LogP contribution >= 0.6 is 0 Å². The molecule has 2 N–H and O–H groups in total. The van der Waals surface area contributed by atoms with Crippen LogP contribution in [-0.4, -0.2) is 37.5 Å². The molecule has 0 atom stereocenters. The number of amides is 1. The summed E-state index contributed by atoms with van der Waals surface area (Å²) in [7, 11) is 3.53. The van der Waals surface area contributed by atoms with E-state index >= 15 is 0 Å². The number of nitrogens with two attached hydrogens (primary N) is 1. The zero-order valence-electron chi connectivity index (χ0n) is 12.6. The van der Waals surface area contributed by atoms with Gasteiger partial charge in [0.15, 0.2) is 0 Å². The topological polar surface area (TPSA) is 49.6 Å². The average Bonchev–Trinajstić information content (AvgIpc) is 2.34. The lowest BCUT2D eigenvalue weighted by Crippen LogP contribution is -2.34. The van der Waals surface area contributed by atoms with Crippen LogP contribution < -0.4 is 10.6 Å². The molecule has 1 aromatic rings. The van der Waals surface area contributed by atoms with Crippen molar-refractivity contribution in [3.8, 4) is 0 Å². The van der Waals surface area contributed by atoms with Gasteiger partial charge in [-0.3, -0.25) is 4.79 Å². The second kappa shape index (κ2) is 6.45. The summed E-state index contributed by atoms with van der Waals surface area (Å²) < 4.78 is 0. The fourth-order valence-corrected chi connectivity index (χ4v) is 2.11. The number of hydrogen-bond acceptors (Lipinski definition) is 3. The predicted octanol–water partition coefficient (Wildman–Crippen LogP) is 2.60. The second-order valence-electron chi connectivity index (χ2n) is 5.26. The van der Waals surface area contributed by atoms with Crippen LogP contribution in [0.5, 0.6) is 0 Å². The number of carbonyl (C=O) groups is 1. The molecular weight excluding hydrogens is 238 g/mol. The molecule has 19 heavy (non-hydrogen) atoms. The Kier molecular flexibility index (Phi) is 5.21. The average molecular weight is 263 g/mol. The lowest BCUT2D eigenvalue weighted by Gasteiger charge is -2.31. The van der Waals surface area contributed by atoms with Gasteiger partial charge in [-0.05, 0) is 38.5 Å². The van der Waals surface area contributed by atoms with E-state index in [4.69, 9.17) is 5.73 Å².